The lowest BCUT2D eigenvalue weighted by Crippen LogP contribution is -2.38. The molecule has 0 unspecified atom stereocenters. The molecule has 0 saturated carbocycles. The number of aryl methyl sites for hydroxylation is 2. The van der Waals surface area contributed by atoms with E-state index in [2.05, 4.69) is 0 Å². The van der Waals surface area contributed by atoms with Crippen molar-refractivity contribution in [3.05, 3.63) is 70.8 Å². The van der Waals surface area contributed by atoms with Gasteiger partial charge in [-0.3, -0.25) is 9.59 Å². The predicted octanol–water partition coefficient (Wildman–Crippen LogP) is 4.32. The molecule has 2 rings (SSSR count). The average molecular weight is 340 g/mol. The molecule has 25 heavy (non-hydrogen) atoms. The average Bonchev–Trinajstić information content (AvgIpc) is 2.56. The highest BCUT2D eigenvalue weighted by Crippen LogP contribution is 2.40. The lowest BCUT2D eigenvalue weighted by Gasteiger charge is -2.33. The molecule has 2 aromatic carbocycles. The smallest absolute Gasteiger partial charge is 0.318 e. The summed E-state index contributed by atoms with van der Waals surface area (Å²) in [6.45, 7) is 3.84. The Kier molecular flexibility index (Phi) is 5.97. The molecule has 2 aromatic rings. The lowest BCUT2D eigenvalue weighted by atomic mass is 9.68. The summed E-state index contributed by atoms with van der Waals surface area (Å²) in [5.74, 6) is -1.75. The Morgan fingerprint density at radius 2 is 1.32 bits per heavy atom. The topological polar surface area (TPSA) is 74.6 Å². The Balaban J connectivity index is 2.56. The summed E-state index contributed by atoms with van der Waals surface area (Å²) in [6, 6.07) is 15.1. The van der Waals surface area contributed by atoms with Gasteiger partial charge >= 0.3 is 11.9 Å². The molecule has 0 heterocycles. The molecule has 4 nitrogen and oxygen atoms in total. The van der Waals surface area contributed by atoms with Gasteiger partial charge in [0.1, 0.15) is 5.41 Å². The van der Waals surface area contributed by atoms with Gasteiger partial charge < -0.3 is 10.2 Å². The summed E-state index contributed by atoms with van der Waals surface area (Å²) in [5.41, 5.74) is 2.21. The zero-order valence-electron chi connectivity index (χ0n) is 14.7. The number of rotatable bonds is 8. The highest BCUT2D eigenvalue weighted by Gasteiger charge is 2.43. The first-order valence-corrected chi connectivity index (χ1v) is 8.47. The van der Waals surface area contributed by atoms with Crippen LogP contribution in [0.3, 0.4) is 0 Å². The molecule has 0 amide bonds. The Bertz CT molecular complexity index is 718. The van der Waals surface area contributed by atoms with Crippen molar-refractivity contribution < 1.29 is 19.8 Å². The van der Waals surface area contributed by atoms with Gasteiger partial charge in [0.2, 0.25) is 0 Å². The van der Waals surface area contributed by atoms with Crippen LogP contribution in [0.5, 0.6) is 0 Å². The van der Waals surface area contributed by atoms with E-state index in [1.54, 1.807) is 0 Å². The van der Waals surface area contributed by atoms with Crippen LogP contribution >= 0.6 is 0 Å². The molecule has 4 heteroatoms. The van der Waals surface area contributed by atoms with Crippen molar-refractivity contribution in [3.63, 3.8) is 0 Å². The van der Waals surface area contributed by atoms with Crippen LogP contribution in [0.1, 0.15) is 47.9 Å². The van der Waals surface area contributed by atoms with Crippen LogP contribution in [0.2, 0.25) is 0 Å². The van der Waals surface area contributed by atoms with Gasteiger partial charge in [-0.25, -0.2) is 0 Å². The maximum atomic E-state index is 12.5. The van der Waals surface area contributed by atoms with Crippen molar-refractivity contribution >= 4 is 11.9 Å². The minimum atomic E-state index is -1.17. The minimum absolute atomic E-state index is 0.0528. The van der Waals surface area contributed by atoms with E-state index in [1.165, 1.54) is 0 Å². The largest absolute Gasteiger partial charge is 0.481 e. The van der Waals surface area contributed by atoms with Crippen LogP contribution in [0, 0.1) is 13.8 Å². The van der Waals surface area contributed by atoms with Crippen LogP contribution in [0.4, 0.5) is 0 Å². The molecule has 0 aromatic heterocycles. The first-order valence-electron chi connectivity index (χ1n) is 8.47. The SMILES string of the molecule is Cc1ccccc1C(CCCCC(=O)O)(C(=O)O)c1ccccc1C. The summed E-state index contributed by atoms with van der Waals surface area (Å²) >= 11 is 0. The van der Waals surface area contributed by atoms with Crippen LogP contribution in [-0.4, -0.2) is 22.2 Å². The van der Waals surface area contributed by atoms with E-state index in [0.717, 1.165) is 22.3 Å². The standard InChI is InChI=1S/C21H24O4/c1-15-9-3-5-11-17(15)21(20(24)25,14-8-7-13-19(22)23)18-12-6-4-10-16(18)2/h3-6,9-12H,7-8,13-14H2,1-2H3,(H,22,23)(H,24,25). The highest BCUT2D eigenvalue weighted by molar-refractivity contribution is 5.87. The fourth-order valence-electron chi connectivity index (χ4n) is 3.52. The summed E-state index contributed by atoms with van der Waals surface area (Å²) in [5, 5.41) is 19.1. The Morgan fingerprint density at radius 3 is 1.72 bits per heavy atom. The number of carboxylic acids is 2. The quantitative estimate of drug-likeness (QED) is 0.702. The zero-order chi connectivity index (χ0) is 18.4. The van der Waals surface area contributed by atoms with Crippen LogP contribution in [0.25, 0.3) is 0 Å². The van der Waals surface area contributed by atoms with E-state index in [4.69, 9.17) is 5.11 Å². The second-order valence-electron chi connectivity index (χ2n) is 6.44. The minimum Gasteiger partial charge on any atom is -0.481 e. The van der Waals surface area contributed by atoms with Crippen molar-refractivity contribution in [2.24, 2.45) is 0 Å². The maximum absolute atomic E-state index is 12.5. The highest BCUT2D eigenvalue weighted by atomic mass is 16.4. The third-order valence-corrected chi connectivity index (χ3v) is 4.77. The van der Waals surface area contributed by atoms with E-state index in [9.17, 15) is 14.7 Å². The third kappa shape index (κ3) is 3.90. The van der Waals surface area contributed by atoms with Crippen molar-refractivity contribution in [2.75, 3.05) is 0 Å². The van der Waals surface area contributed by atoms with Gasteiger partial charge in [-0.2, -0.15) is 0 Å². The second kappa shape index (κ2) is 7.97. The van der Waals surface area contributed by atoms with Gasteiger partial charge in [-0.1, -0.05) is 55.0 Å². The van der Waals surface area contributed by atoms with Gasteiger partial charge in [-0.05, 0) is 48.9 Å². The monoisotopic (exact) mass is 340 g/mol. The zero-order valence-corrected chi connectivity index (χ0v) is 14.7. The lowest BCUT2D eigenvalue weighted by molar-refractivity contribution is -0.142. The molecule has 0 atom stereocenters. The van der Waals surface area contributed by atoms with E-state index >= 15 is 0 Å². The summed E-state index contributed by atoms with van der Waals surface area (Å²) in [7, 11) is 0. The third-order valence-electron chi connectivity index (χ3n) is 4.77. The summed E-state index contributed by atoms with van der Waals surface area (Å²) in [6.07, 6.45) is 1.41. The molecule has 0 radical (unpaired) electrons. The normalized spacial score (nSPS) is 11.3. The van der Waals surface area contributed by atoms with Gasteiger partial charge in [0.25, 0.3) is 0 Å². The first-order chi connectivity index (χ1) is 11.9. The van der Waals surface area contributed by atoms with Gasteiger partial charge in [0.15, 0.2) is 0 Å². The van der Waals surface area contributed by atoms with Crippen LogP contribution in [0.15, 0.2) is 48.5 Å². The fraction of sp³-hybridized carbons (Fsp3) is 0.333. The Hall–Kier alpha value is -2.62. The van der Waals surface area contributed by atoms with Crippen molar-refractivity contribution in [2.45, 2.75) is 44.9 Å². The fourth-order valence-corrected chi connectivity index (χ4v) is 3.52. The number of hydrogen-bond acceptors (Lipinski definition) is 2. The second-order valence-corrected chi connectivity index (χ2v) is 6.44. The molecule has 0 spiro atoms. The molecule has 0 aliphatic rings. The molecular formula is C21H24O4. The van der Waals surface area contributed by atoms with Gasteiger partial charge in [0, 0.05) is 6.42 Å². The molecule has 0 aliphatic heterocycles. The molecule has 2 N–H and O–H groups in total. The van der Waals surface area contributed by atoms with E-state index in [0.29, 0.717) is 19.3 Å². The van der Waals surface area contributed by atoms with Crippen molar-refractivity contribution in [1.82, 2.24) is 0 Å². The Labute approximate surface area is 148 Å². The number of benzene rings is 2. The summed E-state index contributed by atoms with van der Waals surface area (Å²) < 4.78 is 0. The first kappa shape index (κ1) is 18.7. The molecule has 132 valence electrons. The number of hydrogen-bond donors (Lipinski definition) is 2. The predicted molar refractivity (Wildman–Crippen MR) is 96.9 cm³/mol. The van der Waals surface area contributed by atoms with Crippen LogP contribution in [-0.2, 0) is 15.0 Å². The van der Waals surface area contributed by atoms with E-state index in [-0.39, 0.29) is 6.42 Å². The molecule has 0 bridgehead atoms. The van der Waals surface area contributed by atoms with E-state index < -0.39 is 17.4 Å². The Morgan fingerprint density at radius 1 is 0.840 bits per heavy atom. The number of unbranched alkanes of at least 4 members (excludes halogenated alkanes) is 1. The van der Waals surface area contributed by atoms with Gasteiger partial charge in [0.05, 0.1) is 0 Å². The molecule has 0 saturated heterocycles. The summed E-state index contributed by atoms with van der Waals surface area (Å²) in [4.78, 5) is 23.3. The van der Waals surface area contributed by atoms with Gasteiger partial charge in [-0.15, -0.1) is 0 Å². The van der Waals surface area contributed by atoms with Crippen molar-refractivity contribution in [3.8, 4) is 0 Å². The number of carbonyl (C=O) groups is 2. The number of carboxylic acid groups (broad SMARTS) is 2. The van der Waals surface area contributed by atoms with Crippen LogP contribution < -0.4 is 0 Å². The molecule has 0 aliphatic carbocycles. The molecule has 0 fully saturated rings. The van der Waals surface area contributed by atoms with Crippen molar-refractivity contribution in [1.29, 1.82) is 0 Å². The maximum Gasteiger partial charge on any atom is 0.318 e. The molecular weight excluding hydrogens is 316 g/mol. The van der Waals surface area contributed by atoms with E-state index in [1.807, 2.05) is 62.4 Å². The number of aliphatic carboxylic acids is 2.